The molecule has 128 valence electrons. The van der Waals surface area contributed by atoms with Gasteiger partial charge in [-0.3, -0.25) is 4.79 Å². The smallest absolute Gasteiger partial charge is 0.261 e. The number of hydrogen-bond acceptors (Lipinski definition) is 7. The zero-order chi connectivity index (χ0) is 17.8. The summed E-state index contributed by atoms with van der Waals surface area (Å²) >= 11 is 0. The van der Waals surface area contributed by atoms with E-state index in [0.717, 1.165) is 5.69 Å². The molecule has 0 saturated carbocycles. The second-order valence-electron chi connectivity index (χ2n) is 5.05. The van der Waals surface area contributed by atoms with Gasteiger partial charge in [-0.2, -0.15) is 9.67 Å². The number of amides is 1. The van der Waals surface area contributed by atoms with E-state index in [2.05, 4.69) is 25.8 Å². The standard InChI is InChI=1S/C16H16N6O3/c1-10-19-20-21-22(10)12-6-4-5-11(9-12)17-15(23)13-7-8-14(24-2)18-16(13)25-3/h4-9H,1-3H3,(H,17,23). The van der Waals surface area contributed by atoms with E-state index in [1.807, 2.05) is 6.07 Å². The monoisotopic (exact) mass is 340 g/mol. The molecular weight excluding hydrogens is 324 g/mol. The van der Waals surface area contributed by atoms with Crippen LogP contribution < -0.4 is 14.8 Å². The molecule has 0 aliphatic carbocycles. The van der Waals surface area contributed by atoms with Crippen LogP contribution >= 0.6 is 0 Å². The highest BCUT2D eigenvalue weighted by Gasteiger charge is 2.15. The molecule has 0 unspecified atom stereocenters. The second-order valence-corrected chi connectivity index (χ2v) is 5.05. The Morgan fingerprint density at radius 1 is 1.16 bits per heavy atom. The number of anilines is 1. The number of benzene rings is 1. The SMILES string of the molecule is COc1ccc(C(=O)Nc2cccc(-n3nnnc3C)c2)c(OC)n1. The van der Waals surface area contributed by atoms with Crippen LogP contribution in [0.2, 0.25) is 0 Å². The van der Waals surface area contributed by atoms with Crippen LogP contribution in [0, 0.1) is 6.92 Å². The number of nitrogens with zero attached hydrogens (tertiary/aromatic N) is 5. The summed E-state index contributed by atoms with van der Waals surface area (Å²) in [5.74, 6) is 0.843. The molecule has 0 bridgehead atoms. The maximum atomic E-state index is 12.5. The number of carbonyl (C=O) groups excluding carboxylic acids is 1. The van der Waals surface area contributed by atoms with Crippen LogP contribution in [0.3, 0.4) is 0 Å². The van der Waals surface area contributed by atoms with Gasteiger partial charge in [-0.25, -0.2) is 0 Å². The molecule has 0 fully saturated rings. The van der Waals surface area contributed by atoms with Crippen molar-refractivity contribution in [1.29, 1.82) is 0 Å². The molecule has 0 atom stereocenters. The number of nitrogens with one attached hydrogen (secondary N) is 1. The molecule has 9 heteroatoms. The van der Waals surface area contributed by atoms with E-state index in [1.54, 1.807) is 41.9 Å². The number of pyridine rings is 1. The summed E-state index contributed by atoms with van der Waals surface area (Å²) in [4.78, 5) is 16.6. The quantitative estimate of drug-likeness (QED) is 0.753. The fraction of sp³-hybridized carbons (Fsp3) is 0.188. The van der Waals surface area contributed by atoms with Gasteiger partial charge in [0.2, 0.25) is 11.8 Å². The normalized spacial score (nSPS) is 10.4. The molecule has 1 N–H and O–H groups in total. The molecule has 0 aliphatic rings. The third-order valence-electron chi connectivity index (χ3n) is 3.46. The number of hydrogen-bond donors (Lipinski definition) is 1. The summed E-state index contributed by atoms with van der Waals surface area (Å²) in [5.41, 5.74) is 1.63. The van der Waals surface area contributed by atoms with Crippen molar-refractivity contribution in [2.75, 3.05) is 19.5 Å². The van der Waals surface area contributed by atoms with Crippen LogP contribution in [0.25, 0.3) is 5.69 Å². The van der Waals surface area contributed by atoms with Crippen LogP contribution in [0.1, 0.15) is 16.2 Å². The molecule has 25 heavy (non-hydrogen) atoms. The van der Waals surface area contributed by atoms with Gasteiger partial charge in [0.05, 0.1) is 19.9 Å². The highest BCUT2D eigenvalue weighted by molar-refractivity contribution is 6.06. The first-order valence-electron chi connectivity index (χ1n) is 7.38. The highest BCUT2D eigenvalue weighted by atomic mass is 16.5. The zero-order valence-corrected chi connectivity index (χ0v) is 13.9. The summed E-state index contributed by atoms with van der Waals surface area (Å²) in [5, 5.41) is 14.2. The average molecular weight is 340 g/mol. The summed E-state index contributed by atoms with van der Waals surface area (Å²) < 4.78 is 11.8. The fourth-order valence-corrected chi connectivity index (χ4v) is 2.25. The lowest BCUT2D eigenvalue weighted by atomic mass is 10.2. The largest absolute Gasteiger partial charge is 0.481 e. The molecule has 1 amide bonds. The van der Waals surface area contributed by atoms with Crippen molar-refractivity contribution in [3.05, 3.63) is 47.8 Å². The summed E-state index contributed by atoms with van der Waals surface area (Å²) in [6, 6.07) is 10.4. The van der Waals surface area contributed by atoms with Gasteiger partial charge >= 0.3 is 0 Å². The van der Waals surface area contributed by atoms with Crippen LogP contribution in [0.15, 0.2) is 36.4 Å². The molecule has 3 rings (SSSR count). The van der Waals surface area contributed by atoms with Crippen molar-refractivity contribution < 1.29 is 14.3 Å². The predicted molar refractivity (Wildman–Crippen MR) is 89.2 cm³/mol. The number of carbonyl (C=O) groups is 1. The van der Waals surface area contributed by atoms with E-state index >= 15 is 0 Å². The van der Waals surface area contributed by atoms with Crippen molar-refractivity contribution in [3.63, 3.8) is 0 Å². The van der Waals surface area contributed by atoms with Gasteiger partial charge in [0, 0.05) is 11.8 Å². The number of tetrazole rings is 1. The van der Waals surface area contributed by atoms with Gasteiger partial charge in [0.1, 0.15) is 5.56 Å². The molecule has 0 aliphatic heterocycles. The minimum absolute atomic E-state index is 0.185. The first-order valence-corrected chi connectivity index (χ1v) is 7.38. The molecule has 0 saturated heterocycles. The van der Waals surface area contributed by atoms with Crippen molar-refractivity contribution >= 4 is 11.6 Å². The van der Waals surface area contributed by atoms with Crippen molar-refractivity contribution in [3.8, 4) is 17.4 Å². The van der Waals surface area contributed by atoms with Gasteiger partial charge in [-0.15, -0.1) is 5.10 Å². The summed E-state index contributed by atoms with van der Waals surface area (Å²) in [6.07, 6.45) is 0. The van der Waals surface area contributed by atoms with Gasteiger partial charge < -0.3 is 14.8 Å². The molecule has 9 nitrogen and oxygen atoms in total. The van der Waals surface area contributed by atoms with Crippen molar-refractivity contribution in [2.45, 2.75) is 6.92 Å². The molecular formula is C16H16N6O3. The first kappa shape index (κ1) is 16.4. The number of aromatic nitrogens is 5. The minimum atomic E-state index is -0.349. The molecule has 1 aromatic carbocycles. The fourth-order valence-electron chi connectivity index (χ4n) is 2.25. The number of rotatable bonds is 5. The van der Waals surface area contributed by atoms with E-state index in [0.29, 0.717) is 23.0 Å². The van der Waals surface area contributed by atoms with Crippen LogP contribution in [-0.4, -0.2) is 45.3 Å². The molecule has 2 heterocycles. The van der Waals surface area contributed by atoms with Crippen molar-refractivity contribution in [1.82, 2.24) is 25.2 Å². The Labute approximate surface area is 143 Å². The lowest BCUT2D eigenvalue weighted by Crippen LogP contribution is -2.14. The lowest BCUT2D eigenvalue weighted by Gasteiger charge is -2.10. The van der Waals surface area contributed by atoms with E-state index in [1.165, 1.54) is 14.2 Å². The minimum Gasteiger partial charge on any atom is -0.481 e. The second kappa shape index (κ2) is 6.95. The van der Waals surface area contributed by atoms with Gasteiger partial charge in [-0.05, 0) is 41.6 Å². The van der Waals surface area contributed by atoms with Crippen LogP contribution in [0.5, 0.6) is 11.8 Å². The Bertz CT molecular complexity index is 908. The van der Waals surface area contributed by atoms with Gasteiger partial charge in [0.15, 0.2) is 5.82 Å². The highest BCUT2D eigenvalue weighted by Crippen LogP contribution is 2.22. The maximum absolute atomic E-state index is 12.5. The Kier molecular flexibility index (Phi) is 4.55. The number of aryl methyl sites for hydroxylation is 1. The number of methoxy groups -OCH3 is 2. The molecule has 2 aromatic heterocycles. The molecule has 0 radical (unpaired) electrons. The third kappa shape index (κ3) is 3.39. The predicted octanol–water partition coefficient (Wildman–Crippen LogP) is 1.64. The van der Waals surface area contributed by atoms with E-state index in [9.17, 15) is 4.79 Å². The molecule has 3 aromatic rings. The average Bonchev–Trinajstić information content (AvgIpc) is 3.07. The van der Waals surface area contributed by atoms with Gasteiger partial charge in [0.25, 0.3) is 5.91 Å². The Morgan fingerprint density at radius 2 is 2.00 bits per heavy atom. The van der Waals surface area contributed by atoms with Gasteiger partial charge in [-0.1, -0.05) is 6.07 Å². The summed E-state index contributed by atoms with van der Waals surface area (Å²) in [7, 11) is 2.94. The first-order chi connectivity index (χ1) is 12.1. The van der Waals surface area contributed by atoms with Crippen LogP contribution in [0.4, 0.5) is 5.69 Å². The Balaban J connectivity index is 1.86. The maximum Gasteiger partial charge on any atom is 0.261 e. The zero-order valence-electron chi connectivity index (χ0n) is 13.9. The van der Waals surface area contributed by atoms with Crippen molar-refractivity contribution in [2.24, 2.45) is 0 Å². The van der Waals surface area contributed by atoms with E-state index in [4.69, 9.17) is 9.47 Å². The van der Waals surface area contributed by atoms with Crippen LogP contribution in [-0.2, 0) is 0 Å². The van der Waals surface area contributed by atoms with E-state index in [-0.39, 0.29) is 11.8 Å². The molecule has 0 spiro atoms. The summed E-state index contributed by atoms with van der Waals surface area (Å²) in [6.45, 7) is 1.79. The van der Waals surface area contributed by atoms with E-state index < -0.39 is 0 Å². The Morgan fingerprint density at radius 3 is 2.68 bits per heavy atom. The lowest BCUT2D eigenvalue weighted by molar-refractivity contribution is 0.102. The Hall–Kier alpha value is -3.49. The number of ether oxygens (including phenoxy) is 2. The topological polar surface area (TPSA) is 104 Å². The third-order valence-corrected chi connectivity index (χ3v) is 3.46.